The maximum Gasteiger partial charge on any atom is 0.419 e. The molecule has 0 N–H and O–H groups in total. The Morgan fingerprint density at radius 1 is 1.19 bits per heavy atom. The lowest BCUT2D eigenvalue weighted by atomic mass is 10.1. The molecule has 3 rings (SSSR count). The van der Waals surface area contributed by atoms with Crippen LogP contribution in [0.25, 0.3) is 23.2 Å². The number of fused-ring (bicyclic) bond motifs is 1. The maximum absolute atomic E-state index is 14.1. The predicted octanol–water partition coefficient (Wildman–Crippen LogP) is 5.25. The van der Waals surface area contributed by atoms with Gasteiger partial charge in [-0.05, 0) is 37.3 Å². The van der Waals surface area contributed by atoms with Crippen LogP contribution in [0.3, 0.4) is 0 Å². The second-order valence-corrected chi connectivity index (χ2v) is 6.43. The molecule has 0 radical (unpaired) electrons. The number of rotatable bonds is 2. The van der Waals surface area contributed by atoms with E-state index in [0.717, 1.165) is 16.7 Å². The lowest BCUT2D eigenvalue weighted by Crippen LogP contribution is -2.19. The van der Waals surface area contributed by atoms with Gasteiger partial charge < -0.3 is 0 Å². The Kier molecular flexibility index (Phi) is 4.70. The summed E-state index contributed by atoms with van der Waals surface area (Å²) in [6.07, 6.45) is -2.47. The van der Waals surface area contributed by atoms with Gasteiger partial charge >= 0.3 is 6.18 Å². The Hall–Kier alpha value is -2.48. The Morgan fingerprint density at radius 3 is 2.62 bits per heavy atom. The number of hydrogen-bond acceptors (Lipinski definition) is 2. The smallest absolute Gasteiger partial charge is 0.271 e. The minimum Gasteiger partial charge on any atom is -0.271 e. The number of halogens is 5. The van der Waals surface area contributed by atoms with Gasteiger partial charge in [0, 0.05) is 16.2 Å². The fourth-order valence-corrected chi connectivity index (χ4v) is 2.87. The predicted molar refractivity (Wildman–Crippen MR) is 95.1 cm³/mol. The molecule has 0 aliphatic rings. The van der Waals surface area contributed by atoms with Gasteiger partial charge in [0.15, 0.2) is 0 Å². The van der Waals surface area contributed by atoms with E-state index in [1.807, 2.05) is 0 Å². The van der Waals surface area contributed by atoms with E-state index in [9.17, 15) is 22.4 Å². The van der Waals surface area contributed by atoms with Crippen molar-refractivity contribution in [2.24, 2.45) is 0 Å². The van der Waals surface area contributed by atoms with Gasteiger partial charge in [0.25, 0.3) is 5.56 Å². The molecule has 8 heteroatoms. The van der Waals surface area contributed by atoms with Crippen molar-refractivity contribution in [1.82, 2.24) is 9.55 Å². The Labute approximate surface area is 153 Å². The van der Waals surface area contributed by atoms with E-state index >= 15 is 0 Å². The third-order valence-corrected chi connectivity index (χ3v) is 4.27. The third-order valence-electron chi connectivity index (χ3n) is 3.78. The standard InChI is InChI=1S/C18H11BrF4N2O/c1-10-24-15-6-5-12(19)9-13(15)17(26)25(10)8-7-11-3-2-4-14(16(11)20)18(21,22)23/h2-9H,1H3/b8-7+. The molecule has 1 heterocycles. The zero-order chi connectivity index (χ0) is 19.1. The van der Waals surface area contributed by atoms with E-state index in [1.165, 1.54) is 12.3 Å². The highest BCUT2D eigenvalue weighted by Gasteiger charge is 2.34. The molecular formula is C18H11BrF4N2O. The number of hydrogen-bond donors (Lipinski definition) is 0. The van der Waals surface area contributed by atoms with Crippen molar-refractivity contribution < 1.29 is 17.6 Å². The van der Waals surface area contributed by atoms with Crippen molar-refractivity contribution in [3.8, 4) is 0 Å². The van der Waals surface area contributed by atoms with Crippen LogP contribution in [-0.2, 0) is 6.18 Å². The largest absolute Gasteiger partial charge is 0.419 e. The molecule has 0 bridgehead atoms. The first-order valence-electron chi connectivity index (χ1n) is 7.41. The average Bonchev–Trinajstić information content (AvgIpc) is 2.55. The lowest BCUT2D eigenvalue weighted by Gasteiger charge is -2.10. The average molecular weight is 427 g/mol. The van der Waals surface area contributed by atoms with E-state index in [2.05, 4.69) is 20.9 Å². The van der Waals surface area contributed by atoms with Gasteiger partial charge in [-0.3, -0.25) is 9.36 Å². The summed E-state index contributed by atoms with van der Waals surface area (Å²) in [7, 11) is 0. The molecule has 0 unspecified atom stereocenters. The van der Waals surface area contributed by atoms with E-state index in [0.29, 0.717) is 27.3 Å². The summed E-state index contributed by atoms with van der Waals surface area (Å²) in [6, 6.07) is 7.99. The molecule has 3 aromatic rings. The van der Waals surface area contributed by atoms with Gasteiger partial charge in [-0.1, -0.05) is 28.1 Å². The van der Waals surface area contributed by atoms with Crippen LogP contribution in [0.15, 0.2) is 45.7 Å². The van der Waals surface area contributed by atoms with Gasteiger partial charge in [0.2, 0.25) is 0 Å². The first-order valence-corrected chi connectivity index (χ1v) is 8.20. The third kappa shape index (κ3) is 3.41. The minimum absolute atomic E-state index is 0.277. The monoisotopic (exact) mass is 426 g/mol. The molecule has 0 saturated carbocycles. The number of alkyl halides is 3. The van der Waals surface area contributed by atoms with Gasteiger partial charge in [-0.2, -0.15) is 13.2 Å². The summed E-state index contributed by atoms with van der Waals surface area (Å²) >= 11 is 3.27. The topological polar surface area (TPSA) is 34.9 Å². The van der Waals surface area contributed by atoms with Crippen molar-refractivity contribution in [2.75, 3.05) is 0 Å². The van der Waals surface area contributed by atoms with Crippen LogP contribution in [0, 0.1) is 12.7 Å². The molecule has 0 amide bonds. The zero-order valence-corrected chi connectivity index (χ0v) is 14.9. The van der Waals surface area contributed by atoms with Crippen molar-refractivity contribution in [1.29, 1.82) is 0 Å². The maximum atomic E-state index is 14.1. The fraction of sp³-hybridized carbons (Fsp3) is 0.111. The minimum atomic E-state index is -4.79. The molecule has 0 fully saturated rings. The number of benzene rings is 2. The number of nitrogens with zero attached hydrogens (tertiary/aromatic N) is 2. The van der Waals surface area contributed by atoms with Crippen LogP contribution in [0.4, 0.5) is 17.6 Å². The fourth-order valence-electron chi connectivity index (χ4n) is 2.51. The zero-order valence-electron chi connectivity index (χ0n) is 13.3. The van der Waals surface area contributed by atoms with Crippen LogP contribution in [-0.4, -0.2) is 9.55 Å². The molecule has 2 aromatic carbocycles. The van der Waals surface area contributed by atoms with Crippen LogP contribution in [0.5, 0.6) is 0 Å². The Morgan fingerprint density at radius 2 is 1.92 bits per heavy atom. The van der Waals surface area contributed by atoms with E-state index in [4.69, 9.17) is 0 Å². The van der Waals surface area contributed by atoms with Crippen LogP contribution < -0.4 is 5.56 Å². The second-order valence-electron chi connectivity index (χ2n) is 5.52. The highest BCUT2D eigenvalue weighted by Crippen LogP contribution is 2.32. The summed E-state index contributed by atoms with van der Waals surface area (Å²) in [5.41, 5.74) is -1.55. The molecular weight excluding hydrogens is 416 g/mol. The van der Waals surface area contributed by atoms with Gasteiger partial charge in [0.1, 0.15) is 11.6 Å². The second kappa shape index (κ2) is 6.68. The van der Waals surface area contributed by atoms with Gasteiger partial charge in [-0.15, -0.1) is 0 Å². The van der Waals surface area contributed by atoms with Crippen molar-refractivity contribution in [3.63, 3.8) is 0 Å². The number of aromatic nitrogens is 2. The lowest BCUT2D eigenvalue weighted by molar-refractivity contribution is -0.140. The molecule has 0 atom stereocenters. The molecule has 1 aromatic heterocycles. The molecule has 0 aliphatic heterocycles. The molecule has 3 nitrogen and oxygen atoms in total. The van der Waals surface area contributed by atoms with E-state index < -0.39 is 23.1 Å². The van der Waals surface area contributed by atoms with Crippen molar-refractivity contribution in [3.05, 3.63) is 74.0 Å². The summed E-state index contributed by atoms with van der Waals surface area (Å²) in [6.45, 7) is 1.58. The summed E-state index contributed by atoms with van der Waals surface area (Å²) < 4.78 is 54.3. The van der Waals surface area contributed by atoms with Gasteiger partial charge in [-0.25, -0.2) is 9.37 Å². The highest BCUT2D eigenvalue weighted by atomic mass is 79.9. The Bertz CT molecular complexity index is 1090. The molecule has 0 saturated heterocycles. The molecule has 26 heavy (non-hydrogen) atoms. The van der Waals surface area contributed by atoms with E-state index in [1.54, 1.807) is 25.1 Å². The highest BCUT2D eigenvalue weighted by molar-refractivity contribution is 9.10. The number of aryl methyl sites for hydroxylation is 1. The summed E-state index contributed by atoms with van der Waals surface area (Å²) in [5.74, 6) is -1.06. The summed E-state index contributed by atoms with van der Waals surface area (Å²) in [5, 5.41) is 0.333. The molecule has 0 spiro atoms. The SMILES string of the molecule is Cc1nc2ccc(Br)cc2c(=O)n1/C=C/c1cccc(C(F)(F)F)c1F. The first kappa shape index (κ1) is 18.3. The van der Waals surface area contributed by atoms with Crippen molar-refractivity contribution >= 4 is 39.1 Å². The van der Waals surface area contributed by atoms with E-state index in [-0.39, 0.29) is 5.56 Å². The Balaban J connectivity index is 2.11. The van der Waals surface area contributed by atoms with Crippen molar-refractivity contribution in [2.45, 2.75) is 13.1 Å². The van der Waals surface area contributed by atoms with Crippen LogP contribution in [0.2, 0.25) is 0 Å². The van der Waals surface area contributed by atoms with Crippen LogP contribution in [0.1, 0.15) is 17.0 Å². The first-order chi connectivity index (χ1) is 12.2. The molecule has 0 aliphatic carbocycles. The molecule has 134 valence electrons. The summed E-state index contributed by atoms with van der Waals surface area (Å²) in [4.78, 5) is 16.9. The van der Waals surface area contributed by atoms with Gasteiger partial charge in [0.05, 0.1) is 16.5 Å². The van der Waals surface area contributed by atoms with Crippen LogP contribution >= 0.6 is 15.9 Å². The quantitative estimate of drug-likeness (QED) is 0.524. The normalized spacial score (nSPS) is 12.2.